The number of benzene rings is 1. The Balaban J connectivity index is 2.63. The number of amides is 1. The minimum atomic E-state index is -0.548. The second kappa shape index (κ2) is 9.91. The molecule has 6 nitrogen and oxygen atoms in total. The molecule has 0 spiro atoms. The van der Waals surface area contributed by atoms with Gasteiger partial charge in [0.15, 0.2) is 5.96 Å². The van der Waals surface area contributed by atoms with Gasteiger partial charge >= 0.3 is 0 Å². The number of ether oxygens (including phenoxy) is 1. The molecule has 0 fully saturated rings. The number of aliphatic imine (C=N–C) groups is 1. The fourth-order valence-electron chi connectivity index (χ4n) is 2.27. The first-order valence-electron chi connectivity index (χ1n) is 8.72. The van der Waals surface area contributed by atoms with E-state index in [-0.39, 0.29) is 5.91 Å². The van der Waals surface area contributed by atoms with Gasteiger partial charge in [-0.25, -0.2) is 0 Å². The lowest BCUT2D eigenvalue weighted by Crippen LogP contribution is -2.43. The van der Waals surface area contributed by atoms with Crippen molar-refractivity contribution in [1.82, 2.24) is 15.5 Å². The summed E-state index contributed by atoms with van der Waals surface area (Å²) in [5.41, 5.74) is 0.575. The Bertz CT molecular complexity index is 585. The van der Waals surface area contributed by atoms with Crippen LogP contribution in [0.25, 0.3) is 0 Å². The third kappa shape index (κ3) is 6.64. The quantitative estimate of drug-likeness (QED) is 0.557. The molecule has 1 amide bonds. The van der Waals surface area contributed by atoms with Crippen LogP contribution in [0.15, 0.2) is 29.3 Å². The van der Waals surface area contributed by atoms with E-state index in [2.05, 4.69) is 15.6 Å². The maximum atomic E-state index is 11.9. The van der Waals surface area contributed by atoms with Crippen LogP contribution in [0.2, 0.25) is 0 Å². The number of nitrogens with one attached hydrogen (secondary N) is 2. The highest BCUT2D eigenvalue weighted by Gasteiger charge is 2.26. The van der Waals surface area contributed by atoms with Crippen molar-refractivity contribution in [2.24, 2.45) is 10.4 Å². The topological polar surface area (TPSA) is 66.0 Å². The molecule has 25 heavy (non-hydrogen) atoms. The molecule has 0 aliphatic heterocycles. The van der Waals surface area contributed by atoms with E-state index in [0.29, 0.717) is 19.7 Å². The average molecular weight is 348 g/mol. The normalized spacial score (nSPS) is 11.8. The van der Waals surface area contributed by atoms with Gasteiger partial charge in [0.25, 0.3) is 0 Å². The summed E-state index contributed by atoms with van der Waals surface area (Å²) in [4.78, 5) is 18.5. The summed E-state index contributed by atoms with van der Waals surface area (Å²) in [7, 11) is 3.61. The number of carbonyl (C=O) groups excluding carboxylic acids is 1. The number of nitrogens with zero attached hydrogens (tertiary/aromatic N) is 2. The van der Waals surface area contributed by atoms with Gasteiger partial charge in [-0.05, 0) is 39.3 Å². The Kier molecular flexibility index (Phi) is 8.25. The third-order valence-electron chi connectivity index (χ3n) is 3.94. The van der Waals surface area contributed by atoms with E-state index in [1.807, 2.05) is 63.9 Å². The summed E-state index contributed by atoms with van der Waals surface area (Å²) in [6.07, 6.45) is 0. The van der Waals surface area contributed by atoms with Crippen molar-refractivity contribution >= 4 is 11.9 Å². The maximum absolute atomic E-state index is 11.9. The summed E-state index contributed by atoms with van der Waals surface area (Å²) in [5, 5.41) is 5.95. The first-order chi connectivity index (χ1) is 11.8. The Labute approximate surface area is 151 Å². The van der Waals surface area contributed by atoms with Gasteiger partial charge in [0.2, 0.25) is 5.91 Å². The van der Waals surface area contributed by atoms with Gasteiger partial charge in [-0.15, -0.1) is 0 Å². The number of para-hydroxylation sites is 1. The van der Waals surface area contributed by atoms with Gasteiger partial charge in [-0.2, -0.15) is 0 Å². The summed E-state index contributed by atoms with van der Waals surface area (Å²) in [6.45, 7) is 10.3. The van der Waals surface area contributed by atoms with E-state index in [1.54, 1.807) is 7.05 Å². The van der Waals surface area contributed by atoms with Crippen LogP contribution in [0.4, 0.5) is 0 Å². The molecule has 0 heterocycles. The smallest absolute Gasteiger partial charge is 0.227 e. The van der Waals surface area contributed by atoms with Crippen molar-refractivity contribution in [2.45, 2.75) is 27.7 Å². The number of carbonyl (C=O) groups is 1. The van der Waals surface area contributed by atoms with Gasteiger partial charge in [-0.1, -0.05) is 18.2 Å². The monoisotopic (exact) mass is 348 g/mol. The van der Waals surface area contributed by atoms with Crippen LogP contribution in [0.1, 0.15) is 26.3 Å². The Hall–Kier alpha value is -2.24. The average Bonchev–Trinajstić information content (AvgIpc) is 2.59. The summed E-state index contributed by atoms with van der Waals surface area (Å²) < 4.78 is 5.85. The van der Waals surface area contributed by atoms with Gasteiger partial charge < -0.3 is 20.3 Å². The van der Waals surface area contributed by atoms with Crippen molar-refractivity contribution in [3.05, 3.63) is 29.8 Å². The first kappa shape index (κ1) is 20.8. The fourth-order valence-corrected chi connectivity index (χ4v) is 2.27. The predicted octanol–water partition coefficient (Wildman–Crippen LogP) is 2.04. The minimum Gasteiger partial charge on any atom is -0.491 e. The number of hydrogen-bond donors (Lipinski definition) is 2. The second-order valence-corrected chi connectivity index (χ2v) is 6.67. The molecule has 0 aromatic heterocycles. The molecular weight excluding hydrogens is 316 g/mol. The van der Waals surface area contributed by atoms with E-state index >= 15 is 0 Å². The van der Waals surface area contributed by atoms with Crippen LogP contribution in [0.5, 0.6) is 5.75 Å². The molecule has 2 N–H and O–H groups in total. The van der Waals surface area contributed by atoms with Crippen LogP contribution in [0.3, 0.4) is 0 Å². The number of hydrogen-bond acceptors (Lipinski definition) is 3. The largest absolute Gasteiger partial charge is 0.491 e. The summed E-state index contributed by atoms with van der Waals surface area (Å²) in [6, 6.07) is 7.98. The van der Waals surface area contributed by atoms with Crippen LogP contribution in [0, 0.1) is 12.3 Å². The zero-order valence-corrected chi connectivity index (χ0v) is 16.3. The molecule has 0 aliphatic carbocycles. The first-order valence-corrected chi connectivity index (χ1v) is 8.72. The van der Waals surface area contributed by atoms with E-state index in [4.69, 9.17) is 4.74 Å². The molecule has 0 aliphatic rings. The van der Waals surface area contributed by atoms with Crippen molar-refractivity contribution in [3.63, 3.8) is 0 Å². The van der Waals surface area contributed by atoms with Crippen LogP contribution in [-0.2, 0) is 4.79 Å². The Morgan fingerprint density at radius 3 is 2.60 bits per heavy atom. The lowest BCUT2D eigenvalue weighted by molar-refractivity contribution is -0.128. The predicted molar refractivity (Wildman–Crippen MR) is 103 cm³/mol. The summed E-state index contributed by atoms with van der Waals surface area (Å²) in [5.74, 6) is 1.66. The van der Waals surface area contributed by atoms with E-state index in [9.17, 15) is 4.79 Å². The second-order valence-electron chi connectivity index (χ2n) is 6.67. The standard InChI is InChI=1S/C19H32N4O2/c1-7-21-18(22-14-19(3,4)17(24)20-5)23(6)12-13-25-16-11-9-8-10-15(16)2/h8-11H,7,12-14H2,1-6H3,(H,20,24)(H,21,22). The van der Waals surface area contributed by atoms with Gasteiger partial charge in [0, 0.05) is 20.6 Å². The molecule has 0 saturated heterocycles. The molecule has 0 unspecified atom stereocenters. The SMILES string of the molecule is CCNC(=NCC(C)(C)C(=O)NC)N(C)CCOc1ccccc1C. The molecular formula is C19H32N4O2. The highest BCUT2D eigenvalue weighted by atomic mass is 16.5. The summed E-state index contributed by atoms with van der Waals surface area (Å²) >= 11 is 0. The number of rotatable bonds is 8. The Morgan fingerprint density at radius 1 is 1.32 bits per heavy atom. The maximum Gasteiger partial charge on any atom is 0.227 e. The molecule has 0 radical (unpaired) electrons. The van der Waals surface area contributed by atoms with Crippen LogP contribution < -0.4 is 15.4 Å². The fraction of sp³-hybridized carbons (Fsp3) is 0.579. The third-order valence-corrected chi connectivity index (χ3v) is 3.94. The van der Waals surface area contributed by atoms with E-state index in [0.717, 1.165) is 23.8 Å². The number of likely N-dealkylation sites (N-methyl/N-ethyl adjacent to an activating group) is 1. The van der Waals surface area contributed by atoms with Crippen LogP contribution in [-0.4, -0.2) is 57.1 Å². The molecule has 0 atom stereocenters. The number of guanidine groups is 1. The Morgan fingerprint density at radius 2 is 2.00 bits per heavy atom. The van der Waals surface area contributed by atoms with Gasteiger partial charge in [-0.3, -0.25) is 9.79 Å². The van der Waals surface area contributed by atoms with E-state index in [1.165, 1.54) is 0 Å². The molecule has 6 heteroatoms. The zero-order valence-electron chi connectivity index (χ0n) is 16.3. The molecule has 1 aromatic carbocycles. The molecule has 1 rings (SSSR count). The number of aryl methyl sites for hydroxylation is 1. The molecule has 0 bridgehead atoms. The highest BCUT2D eigenvalue weighted by Crippen LogP contribution is 2.16. The molecule has 1 aromatic rings. The van der Waals surface area contributed by atoms with Crippen molar-refractivity contribution < 1.29 is 9.53 Å². The minimum absolute atomic E-state index is 0.0161. The lowest BCUT2D eigenvalue weighted by atomic mass is 9.93. The van der Waals surface area contributed by atoms with Crippen LogP contribution >= 0.6 is 0 Å². The van der Waals surface area contributed by atoms with Gasteiger partial charge in [0.1, 0.15) is 12.4 Å². The van der Waals surface area contributed by atoms with Crippen molar-refractivity contribution in [2.75, 3.05) is 40.3 Å². The molecule has 0 saturated carbocycles. The van der Waals surface area contributed by atoms with E-state index < -0.39 is 5.41 Å². The highest BCUT2D eigenvalue weighted by molar-refractivity contribution is 5.83. The lowest BCUT2D eigenvalue weighted by Gasteiger charge is -2.25. The van der Waals surface area contributed by atoms with Crippen molar-refractivity contribution in [1.29, 1.82) is 0 Å². The van der Waals surface area contributed by atoms with Crippen molar-refractivity contribution in [3.8, 4) is 5.75 Å². The zero-order chi connectivity index (χ0) is 18.9. The molecule has 140 valence electrons. The van der Waals surface area contributed by atoms with Gasteiger partial charge in [0.05, 0.1) is 18.5 Å².